The van der Waals surface area contributed by atoms with Crippen molar-refractivity contribution in [1.82, 2.24) is 5.32 Å². The van der Waals surface area contributed by atoms with Gasteiger partial charge in [0.15, 0.2) is 0 Å². The first kappa shape index (κ1) is 11.6. The number of nitrogens with one attached hydrogen (secondary N) is 1. The fraction of sp³-hybridized carbons (Fsp3) is 0.625. The van der Waals surface area contributed by atoms with Gasteiger partial charge in [-0.2, -0.15) is 0 Å². The van der Waals surface area contributed by atoms with E-state index in [1.807, 2.05) is 0 Å². The van der Waals surface area contributed by atoms with Gasteiger partial charge in [-0.15, -0.1) is 0 Å². The summed E-state index contributed by atoms with van der Waals surface area (Å²) in [6, 6.07) is 0. The van der Waals surface area contributed by atoms with Crippen molar-refractivity contribution in [2.45, 2.75) is 12.8 Å². The summed E-state index contributed by atoms with van der Waals surface area (Å²) in [7, 11) is 1.62. The number of ether oxygens (including phenoxy) is 1. The number of hydrogen-bond donors (Lipinski definition) is 1. The van der Waals surface area contributed by atoms with Crippen molar-refractivity contribution in [2.75, 3.05) is 20.3 Å². The number of hydrogen-bond acceptors (Lipinski definition) is 2. The lowest BCUT2D eigenvalue weighted by Gasteiger charge is -2.02. The third-order valence-corrected chi connectivity index (χ3v) is 1.51. The number of rotatable bonds is 6. The Bertz CT molecular complexity index is 159. The molecule has 0 aromatic carbocycles. The molecule has 12 heavy (non-hydrogen) atoms. The lowest BCUT2D eigenvalue weighted by atomic mass is 10.3. The Hall–Kier alpha value is -0.350. The maximum Gasteiger partial charge on any atom is 0.220 e. The molecule has 1 amide bonds. The lowest BCUT2D eigenvalue weighted by molar-refractivity contribution is -0.121. The van der Waals surface area contributed by atoms with Crippen molar-refractivity contribution in [3.8, 4) is 0 Å². The Kier molecular flexibility index (Phi) is 7.09. The van der Waals surface area contributed by atoms with Crippen LogP contribution in [0, 0.1) is 0 Å². The van der Waals surface area contributed by atoms with Gasteiger partial charge in [0.25, 0.3) is 0 Å². The van der Waals surface area contributed by atoms with Crippen molar-refractivity contribution in [1.29, 1.82) is 0 Å². The standard InChI is InChI=1S/C8H14BrNO2/c1-7(9)6-10-8(11)4-3-5-12-2/h1,3-6H2,2H3,(H,10,11). The Morgan fingerprint density at radius 2 is 2.33 bits per heavy atom. The highest BCUT2D eigenvalue weighted by molar-refractivity contribution is 9.11. The van der Waals surface area contributed by atoms with Gasteiger partial charge in [0.05, 0.1) is 0 Å². The van der Waals surface area contributed by atoms with Gasteiger partial charge in [-0.1, -0.05) is 22.5 Å². The van der Waals surface area contributed by atoms with Crippen molar-refractivity contribution in [3.05, 3.63) is 11.1 Å². The van der Waals surface area contributed by atoms with E-state index in [9.17, 15) is 4.79 Å². The molecule has 0 saturated heterocycles. The van der Waals surface area contributed by atoms with Crippen LogP contribution in [0.1, 0.15) is 12.8 Å². The smallest absolute Gasteiger partial charge is 0.220 e. The van der Waals surface area contributed by atoms with Crippen molar-refractivity contribution in [3.63, 3.8) is 0 Å². The molecule has 0 atom stereocenters. The molecule has 0 aromatic rings. The fourth-order valence-corrected chi connectivity index (χ4v) is 0.800. The molecule has 0 unspecified atom stereocenters. The maximum absolute atomic E-state index is 11.0. The molecule has 0 rings (SSSR count). The molecule has 0 fully saturated rings. The summed E-state index contributed by atoms with van der Waals surface area (Å²) >= 11 is 3.15. The average molecular weight is 236 g/mol. The minimum absolute atomic E-state index is 0.0349. The summed E-state index contributed by atoms with van der Waals surface area (Å²) in [6.45, 7) is 4.72. The average Bonchev–Trinajstić information content (AvgIpc) is 2.01. The summed E-state index contributed by atoms with van der Waals surface area (Å²) in [5, 5.41) is 2.70. The molecule has 0 aliphatic heterocycles. The van der Waals surface area contributed by atoms with Crippen LogP contribution in [0.2, 0.25) is 0 Å². The van der Waals surface area contributed by atoms with Crippen LogP contribution in [0.15, 0.2) is 11.1 Å². The second-order valence-electron chi connectivity index (χ2n) is 2.39. The molecule has 1 N–H and O–H groups in total. The summed E-state index contributed by atoms with van der Waals surface area (Å²) in [5.41, 5.74) is 0. The van der Waals surface area contributed by atoms with E-state index in [4.69, 9.17) is 4.74 Å². The molecule has 3 nitrogen and oxygen atoms in total. The van der Waals surface area contributed by atoms with E-state index in [0.29, 0.717) is 19.6 Å². The van der Waals surface area contributed by atoms with Gasteiger partial charge in [-0.05, 0) is 6.42 Å². The highest BCUT2D eigenvalue weighted by atomic mass is 79.9. The normalized spacial score (nSPS) is 9.50. The topological polar surface area (TPSA) is 38.3 Å². The molecule has 70 valence electrons. The quantitative estimate of drug-likeness (QED) is 0.708. The SMILES string of the molecule is C=C(Br)CNC(=O)CCCOC. The van der Waals surface area contributed by atoms with Crippen molar-refractivity contribution >= 4 is 21.8 Å². The Morgan fingerprint density at radius 3 is 2.83 bits per heavy atom. The van der Waals surface area contributed by atoms with E-state index in [1.54, 1.807) is 7.11 Å². The number of methoxy groups -OCH3 is 1. The number of carbonyl (C=O) groups is 1. The molecular formula is C8H14BrNO2. The van der Waals surface area contributed by atoms with Gasteiger partial charge in [-0.25, -0.2) is 0 Å². The molecule has 4 heteroatoms. The van der Waals surface area contributed by atoms with Crippen LogP contribution in [-0.4, -0.2) is 26.2 Å². The van der Waals surface area contributed by atoms with Crippen LogP contribution in [0.5, 0.6) is 0 Å². The zero-order chi connectivity index (χ0) is 9.40. The van der Waals surface area contributed by atoms with E-state index in [1.165, 1.54) is 0 Å². The second kappa shape index (κ2) is 7.31. The lowest BCUT2D eigenvalue weighted by Crippen LogP contribution is -2.24. The van der Waals surface area contributed by atoms with Crippen LogP contribution in [0.25, 0.3) is 0 Å². The van der Waals surface area contributed by atoms with Gasteiger partial charge in [-0.3, -0.25) is 4.79 Å². The Balaban J connectivity index is 3.28. The summed E-state index contributed by atoms with van der Waals surface area (Å²) in [6.07, 6.45) is 1.27. The van der Waals surface area contributed by atoms with E-state index in [0.717, 1.165) is 10.9 Å². The molecule has 0 radical (unpaired) electrons. The van der Waals surface area contributed by atoms with Gasteiger partial charge in [0.1, 0.15) is 0 Å². The number of halogens is 1. The first-order valence-electron chi connectivity index (χ1n) is 3.75. The van der Waals surface area contributed by atoms with Gasteiger partial charge in [0.2, 0.25) is 5.91 Å². The Morgan fingerprint density at radius 1 is 1.67 bits per heavy atom. The summed E-state index contributed by atoms with van der Waals surface area (Å²) in [5.74, 6) is 0.0349. The summed E-state index contributed by atoms with van der Waals surface area (Å²) < 4.78 is 5.59. The zero-order valence-electron chi connectivity index (χ0n) is 7.23. The first-order chi connectivity index (χ1) is 5.66. The largest absolute Gasteiger partial charge is 0.385 e. The molecular weight excluding hydrogens is 222 g/mol. The second-order valence-corrected chi connectivity index (χ2v) is 3.51. The first-order valence-corrected chi connectivity index (χ1v) is 4.55. The van der Waals surface area contributed by atoms with Crippen LogP contribution in [-0.2, 0) is 9.53 Å². The van der Waals surface area contributed by atoms with E-state index >= 15 is 0 Å². The van der Waals surface area contributed by atoms with E-state index in [2.05, 4.69) is 27.8 Å². The van der Waals surface area contributed by atoms with Crippen molar-refractivity contribution in [2.24, 2.45) is 0 Å². The molecule has 0 aliphatic carbocycles. The molecule has 0 bridgehead atoms. The highest BCUT2D eigenvalue weighted by Crippen LogP contribution is 1.97. The molecule has 0 aromatic heterocycles. The molecule has 0 spiro atoms. The van der Waals surface area contributed by atoms with E-state index < -0.39 is 0 Å². The molecule has 0 heterocycles. The van der Waals surface area contributed by atoms with E-state index in [-0.39, 0.29) is 5.91 Å². The number of amides is 1. The number of carbonyl (C=O) groups excluding carboxylic acids is 1. The highest BCUT2D eigenvalue weighted by Gasteiger charge is 1.99. The van der Waals surface area contributed by atoms with Crippen LogP contribution >= 0.6 is 15.9 Å². The molecule has 0 aliphatic rings. The fourth-order valence-electron chi connectivity index (χ4n) is 0.660. The zero-order valence-corrected chi connectivity index (χ0v) is 8.82. The van der Waals surface area contributed by atoms with Gasteiger partial charge >= 0.3 is 0 Å². The van der Waals surface area contributed by atoms with Gasteiger partial charge in [0, 0.05) is 31.2 Å². The van der Waals surface area contributed by atoms with Crippen molar-refractivity contribution < 1.29 is 9.53 Å². The predicted octanol–water partition coefficient (Wildman–Crippen LogP) is 1.44. The van der Waals surface area contributed by atoms with Crippen LogP contribution in [0.3, 0.4) is 0 Å². The summed E-state index contributed by atoms with van der Waals surface area (Å²) in [4.78, 5) is 11.0. The third kappa shape index (κ3) is 7.75. The third-order valence-electron chi connectivity index (χ3n) is 1.23. The van der Waals surface area contributed by atoms with Crippen LogP contribution in [0.4, 0.5) is 0 Å². The Labute approximate surface area is 81.3 Å². The van der Waals surface area contributed by atoms with Crippen LogP contribution < -0.4 is 5.32 Å². The predicted molar refractivity (Wildman–Crippen MR) is 52.2 cm³/mol. The maximum atomic E-state index is 11.0. The van der Waals surface area contributed by atoms with Gasteiger partial charge < -0.3 is 10.1 Å². The molecule has 0 saturated carbocycles. The minimum Gasteiger partial charge on any atom is -0.385 e. The monoisotopic (exact) mass is 235 g/mol. The minimum atomic E-state index is 0.0349.